The Hall–Kier alpha value is -3.48. The number of amides is 3. The Morgan fingerprint density at radius 2 is 1.47 bits per heavy atom. The van der Waals surface area contributed by atoms with E-state index in [4.69, 9.17) is 4.74 Å². The van der Waals surface area contributed by atoms with Crippen molar-refractivity contribution in [2.75, 3.05) is 18.5 Å². The molecular formula is C27H32N2O5. The van der Waals surface area contributed by atoms with Gasteiger partial charge in [-0.3, -0.25) is 19.3 Å². The summed E-state index contributed by atoms with van der Waals surface area (Å²) in [5, 5.41) is 2.91. The van der Waals surface area contributed by atoms with Crippen molar-refractivity contribution in [3.05, 3.63) is 64.2 Å². The van der Waals surface area contributed by atoms with Crippen LogP contribution in [0, 0.1) is 5.92 Å². The van der Waals surface area contributed by atoms with E-state index in [1.54, 1.807) is 0 Å². The summed E-state index contributed by atoms with van der Waals surface area (Å²) in [5.74, 6) is -1.43. The number of nitrogens with zero attached hydrogens (tertiary/aromatic N) is 1. The van der Waals surface area contributed by atoms with E-state index in [2.05, 4.69) is 33.0 Å². The summed E-state index contributed by atoms with van der Waals surface area (Å²) in [6.45, 7) is 11.9. The summed E-state index contributed by atoms with van der Waals surface area (Å²) in [6.07, 6.45) is 0. The zero-order chi connectivity index (χ0) is 25.2. The van der Waals surface area contributed by atoms with Gasteiger partial charge in [-0.15, -0.1) is 0 Å². The Morgan fingerprint density at radius 1 is 0.882 bits per heavy atom. The van der Waals surface area contributed by atoms with Crippen molar-refractivity contribution in [2.45, 2.75) is 53.4 Å². The number of carbonyl (C=O) groups excluding carboxylic acids is 4. The summed E-state index contributed by atoms with van der Waals surface area (Å²) >= 11 is 0. The first-order chi connectivity index (χ1) is 16.0. The number of carbonyl (C=O) groups is 4. The summed E-state index contributed by atoms with van der Waals surface area (Å²) in [6, 6.07) is 10.2. The lowest BCUT2D eigenvalue weighted by atomic mass is 9.92. The third-order valence-electron chi connectivity index (χ3n) is 5.73. The minimum absolute atomic E-state index is 0.115. The average Bonchev–Trinajstić information content (AvgIpc) is 3.01. The molecule has 34 heavy (non-hydrogen) atoms. The zero-order valence-corrected chi connectivity index (χ0v) is 20.6. The fraction of sp³-hybridized carbons (Fsp3) is 0.407. The van der Waals surface area contributed by atoms with Crippen LogP contribution in [0.3, 0.4) is 0 Å². The number of hydrogen-bond acceptors (Lipinski definition) is 5. The predicted molar refractivity (Wildman–Crippen MR) is 130 cm³/mol. The number of nitrogens with one attached hydrogen (secondary N) is 1. The molecule has 0 unspecified atom stereocenters. The summed E-state index contributed by atoms with van der Waals surface area (Å²) in [5.41, 5.74) is 3.34. The SMILES string of the molecule is CC(C)CN1C(=O)c2ccc(C(=O)OCC(=O)Nc3c(C(C)C)cccc3C(C)C)cc2C1=O. The molecule has 0 bridgehead atoms. The average molecular weight is 465 g/mol. The smallest absolute Gasteiger partial charge is 0.338 e. The van der Waals surface area contributed by atoms with Gasteiger partial charge < -0.3 is 10.1 Å². The Kier molecular flexibility index (Phi) is 7.54. The molecule has 7 heteroatoms. The molecule has 1 heterocycles. The van der Waals surface area contributed by atoms with E-state index in [1.807, 2.05) is 32.0 Å². The minimum atomic E-state index is -0.735. The van der Waals surface area contributed by atoms with E-state index >= 15 is 0 Å². The Balaban J connectivity index is 1.70. The van der Waals surface area contributed by atoms with Crippen molar-refractivity contribution in [1.29, 1.82) is 0 Å². The maximum atomic E-state index is 12.6. The van der Waals surface area contributed by atoms with Gasteiger partial charge in [0, 0.05) is 12.2 Å². The van der Waals surface area contributed by atoms with Gasteiger partial charge >= 0.3 is 5.97 Å². The first-order valence-corrected chi connectivity index (χ1v) is 11.6. The molecule has 2 aromatic rings. The number of fused-ring (bicyclic) bond motifs is 1. The van der Waals surface area contributed by atoms with Crippen molar-refractivity contribution < 1.29 is 23.9 Å². The number of anilines is 1. The van der Waals surface area contributed by atoms with Crippen molar-refractivity contribution in [3.8, 4) is 0 Å². The third-order valence-corrected chi connectivity index (χ3v) is 5.73. The maximum Gasteiger partial charge on any atom is 0.338 e. The second kappa shape index (κ2) is 10.2. The van der Waals surface area contributed by atoms with Gasteiger partial charge in [-0.2, -0.15) is 0 Å². The van der Waals surface area contributed by atoms with Crippen LogP contribution in [0.1, 0.15) is 95.6 Å². The predicted octanol–water partition coefficient (Wildman–Crippen LogP) is 4.98. The van der Waals surface area contributed by atoms with Gasteiger partial charge in [0.05, 0.1) is 16.7 Å². The maximum absolute atomic E-state index is 12.6. The van der Waals surface area contributed by atoms with Crippen molar-refractivity contribution in [3.63, 3.8) is 0 Å². The van der Waals surface area contributed by atoms with Crippen LogP contribution < -0.4 is 5.32 Å². The van der Waals surface area contributed by atoms with E-state index in [9.17, 15) is 19.2 Å². The number of esters is 1. The molecule has 0 radical (unpaired) electrons. The second-order valence-corrected chi connectivity index (χ2v) is 9.62. The number of benzene rings is 2. The van der Waals surface area contributed by atoms with Crippen molar-refractivity contribution in [1.82, 2.24) is 4.90 Å². The highest BCUT2D eigenvalue weighted by molar-refractivity contribution is 6.22. The van der Waals surface area contributed by atoms with Gasteiger partial charge in [0.1, 0.15) is 0 Å². The molecule has 3 amide bonds. The summed E-state index contributed by atoms with van der Waals surface area (Å²) in [7, 11) is 0. The third kappa shape index (κ3) is 5.19. The molecule has 1 aliphatic rings. The molecule has 3 rings (SSSR count). The van der Waals surface area contributed by atoms with Crippen LogP contribution in [0.5, 0.6) is 0 Å². The molecule has 0 aliphatic carbocycles. The van der Waals surface area contributed by atoms with Crippen LogP contribution in [-0.2, 0) is 9.53 Å². The molecular weight excluding hydrogens is 432 g/mol. The zero-order valence-electron chi connectivity index (χ0n) is 20.6. The van der Waals surface area contributed by atoms with E-state index in [0.29, 0.717) is 6.54 Å². The first-order valence-electron chi connectivity index (χ1n) is 11.6. The standard InChI is InChI=1S/C27H32N2O5/c1-15(2)13-29-25(31)21-11-10-18(12-22(21)26(29)32)27(33)34-14-23(30)28-24-19(16(3)4)8-7-9-20(24)17(5)6/h7-12,15-17H,13-14H2,1-6H3,(H,28,30). The van der Waals surface area contributed by atoms with Crippen LogP contribution in [0.25, 0.3) is 0 Å². The number of para-hydroxylation sites is 1. The van der Waals surface area contributed by atoms with E-state index < -0.39 is 24.4 Å². The van der Waals surface area contributed by atoms with Crippen LogP contribution in [0.4, 0.5) is 5.69 Å². The Morgan fingerprint density at radius 3 is 2.03 bits per heavy atom. The van der Waals surface area contributed by atoms with Crippen LogP contribution in [0.15, 0.2) is 36.4 Å². The van der Waals surface area contributed by atoms with Gasteiger partial charge in [-0.25, -0.2) is 4.79 Å². The van der Waals surface area contributed by atoms with Gasteiger partial charge in [0.2, 0.25) is 0 Å². The molecule has 0 saturated heterocycles. The quantitative estimate of drug-likeness (QED) is 0.439. The van der Waals surface area contributed by atoms with Gasteiger partial charge in [-0.1, -0.05) is 59.7 Å². The lowest BCUT2D eigenvalue weighted by molar-refractivity contribution is -0.119. The second-order valence-electron chi connectivity index (χ2n) is 9.62. The molecule has 0 atom stereocenters. The van der Waals surface area contributed by atoms with Crippen molar-refractivity contribution in [2.24, 2.45) is 5.92 Å². The van der Waals surface area contributed by atoms with Crippen molar-refractivity contribution >= 4 is 29.4 Å². The van der Waals surface area contributed by atoms with E-state index in [-0.39, 0.29) is 40.4 Å². The molecule has 1 aliphatic heterocycles. The normalized spacial score (nSPS) is 13.1. The molecule has 0 spiro atoms. The van der Waals surface area contributed by atoms with Crippen LogP contribution in [0.2, 0.25) is 0 Å². The number of rotatable bonds is 8. The van der Waals surface area contributed by atoms with Gasteiger partial charge in [0.15, 0.2) is 6.61 Å². The lowest BCUT2D eigenvalue weighted by Gasteiger charge is -2.20. The lowest BCUT2D eigenvalue weighted by Crippen LogP contribution is -2.33. The molecule has 0 saturated carbocycles. The number of imide groups is 1. The number of ether oxygens (including phenoxy) is 1. The fourth-order valence-electron chi connectivity index (χ4n) is 4.03. The highest BCUT2D eigenvalue weighted by atomic mass is 16.5. The largest absolute Gasteiger partial charge is 0.452 e. The molecule has 0 fully saturated rings. The molecule has 0 aromatic heterocycles. The fourth-order valence-corrected chi connectivity index (χ4v) is 4.03. The molecule has 180 valence electrons. The summed E-state index contributed by atoms with van der Waals surface area (Å²) < 4.78 is 5.22. The van der Waals surface area contributed by atoms with Gasteiger partial charge in [0.25, 0.3) is 17.7 Å². The molecule has 2 aromatic carbocycles. The Labute approximate surface area is 200 Å². The Bertz CT molecular complexity index is 1110. The van der Waals surface area contributed by atoms with Crippen LogP contribution >= 0.6 is 0 Å². The monoisotopic (exact) mass is 464 g/mol. The van der Waals surface area contributed by atoms with E-state index in [1.165, 1.54) is 23.1 Å². The molecule has 7 nitrogen and oxygen atoms in total. The number of hydrogen-bond donors (Lipinski definition) is 1. The minimum Gasteiger partial charge on any atom is -0.452 e. The summed E-state index contributed by atoms with van der Waals surface area (Å²) in [4.78, 5) is 51.6. The van der Waals surface area contributed by atoms with Gasteiger partial charge in [-0.05, 0) is 47.1 Å². The topological polar surface area (TPSA) is 92.8 Å². The highest BCUT2D eigenvalue weighted by Gasteiger charge is 2.36. The van der Waals surface area contributed by atoms with E-state index in [0.717, 1.165) is 16.8 Å². The van der Waals surface area contributed by atoms with Crippen LogP contribution in [-0.4, -0.2) is 41.7 Å². The first kappa shape index (κ1) is 25.1. The highest BCUT2D eigenvalue weighted by Crippen LogP contribution is 2.32. The molecule has 1 N–H and O–H groups in total.